The van der Waals surface area contributed by atoms with E-state index < -0.39 is 53.7 Å². The number of fused-ring (bicyclic) bond motifs is 1. The number of nitrogen functional groups attached to an aromatic ring is 1. The van der Waals surface area contributed by atoms with Gasteiger partial charge >= 0.3 is 12.1 Å². The van der Waals surface area contributed by atoms with Crippen LogP contribution in [0.3, 0.4) is 0 Å². The Morgan fingerprint density at radius 3 is 2.20 bits per heavy atom. The maximum absolute atomic E-state index is 13.1. The number of aromatic nitrogens is 1. The molecule has 4 rings (SSSR count). The van der Waals surface area contributed by atoms with Gasteiger partial charge in [0.1, 0.15) is 24.5 Å². The summed E-state index contributed by atoms with van der Waals surface area (Å²) in [6, 6.07) is 13.3. The number of nitrogens with zero attached hydrogens (tertiary/aromatic N) is 2. The Kier molecular flexibility index (Phi) is 18.9. The number of hydrogen-bond donors (Lipinski definition) is 5. The van der Waals surface area contributed by atoms with Gasteiger partial charge in [0.05, 0.1) is 5.52 Å². The topological polar surface area (TPSA) is 228 Å². The molecule has 0 bridgehead atoms. The number of aryl methyl sites for hydroxylation is 2. The molecular weight excluding hydrogens is 783 g/mol. The molecular formula is C45H61N7O9. The van der Waals surface area contributed by atoms with Gasteiger partial charge in [0.2, 0.25) is 17.7 Å². The molecule has 16 heteroatoms. The minimum atomic E-state index is -0.929. The summed E-state index contributed by atoms with van der Waals surface area (Å²) < 4.78 is 5.37. The average Bonchev–Trinajstić information content (AvgIpc) is 3.54. The van der Waals surface area contributed by atoms with Gasteiger partial charge in [-0.15, -0.1) is 5.06 Å². The maximum atomic E-state index is 13.1. The zero-order chi connectivity index (χ0) is 44.3. The number of nitrogens with one attached hydrogen (secondary N) is 4. The number of carbonyl (C=O) groups excluding carboxylic acids is 7. The third kappa shape index (κ3) is 15.5. The van der Waals surface area contributed by atoms with Crippen LogP contribution in [-0.2, 0) is 57.8 Å². The van der Waals surface area contributed by atoms with Crippen molar-refractivity contribution in [3.8, 4) is 0 Å². The number of amides is 6. The van der Waals surface area contributed by atoms with Crippen LogP contribution in [0.2, 0.25) is 0 Å². The molecule has 16 nitrogen and oxygen atoms in total. The van der Waals surface area contributed by atoms with E-state index in [0.29, 0.717) is 29.5 Å². The highest BCUT2D eigenvalue weighted by Crippen LogP contribution is 2.25. The third-order valence-electron chi connectivity index (χ3n) is 10.3. The molecule has 0 saturated carbocycles. The Hall–Kier alpha value is -6.06. The summed E-state index contributed by atoms with van der Waals surface area (Å²) in [6.45, 7) is 7.77. The molecule has 0 aliphatic carbocycles. The van der Waals surface area contributed by atoms with Crippen LogP contribution in [0, 0.1) is 5.92 Å². The second kappa shape index (κ2) is 24.3. The first-order chi connectivity index (χ1) is 29.2. The number of pyridine rings is 1. The van der Waals surface area contributed by atoms with Crippen molar-refractivity contribution in [1.82, 2.24) is 26.0 Å². The predicted octanol–water partition coefficient (Wildman–Crippen LogP) is 5.94. The van der Waals surface area contributed by atoms with Crippen molar-refractivity contribution in [2.24, 2.45) is 5.92 Å². The number of benzene rings is 2. The SMILES string of the molecule is CCCCCc1cc2c(CCCCCNC(=O)OCc3ccc(NC(=O)[C@H](C)NC(=O)C(NC(=O)CCCCC(=O)ON4C(=O)CCC4=O)C(C)C)cc3)cccc2nc1N. The molecule has 330 valence electrons. The second-order valence-electron chi connectivity index (χ2n) is 15.7. The summed E-state index contributed by atoms with van der Waals surface area (Å²) >= 11 is 0. The fourth-order valence-electron chi connectivity index (χ4n) is 6.75. The highest BCUT2D eigenvalue weighted by molar-refractivity contribution is 6.01. The van der Waals surface area contributed by atoms with Crippen LogP contribution >= 0.6 is 0 Å². The minimum absolute atomic E-state index is 0.00131. The summed E-state index contributed by atoms with van der Waals surface area (Å²) in [5.41, 5.74) is 10.7. The lowest BCUT2D eigenvalue weighted by atomic mass is 9.99. The Labute approximate surface area is 357 Å². The van der Waals surface area contributed by atoms with E-state index in [2.05, 4.69) is 45.3 Å². The summed E-state index contributed by atoms with van der Waals surface area (Å²) in [4.78, 5) is 95.6. The minimum Gasteiger partial charge on any atom is -0.445 e. The van der Waals surface area contributed by atoms with E-state index in [9.17, 15) is 33.6 Å². The molecule has 6 amide bonds. The van der Waals surface area contributed by atoms with Crippen molar-refractivity contribution in [3.05, 3.63) is 65.2 Å². The van der Waals surface area contributed by atoms with Crippen LogP contribution in [-0.4, -0.2) is 70.3 Å². The van der Waals surface area contributed by atoms with E-state index >= 15 is 0 Å². The Morgan fingerprint density at radius 1 is 0.803 bits per heavy atom. The number of imide groups is 1. The Morgan fingerprint density at radius 2 is 1.49 bits per heavy atom. The number of anilines is 2. The number of ether oxygens (including phenoxy) is 1. The van der Waals surface area contributed by atoms with Crippen LogP contribution in [0.5, 0.6) is 0 Å². The van der Waals surface area contributed by atoms with Crippen molar-refractivity contribution < 1.29 is 43.1 Å². The number of alkyl carbamates (subject to hydrolysis) is 1. The molecule has 1 unspecified atom stereocenters. The van der Waals surface area contributed by atoms with Gasteiger partial charge in [0, 0.05) is 43.3 Å². The van der Waals surface area contributed by atoms with Crippen LogP contribution in [0.1, 0.15) is 121 Å². The summed E-state index contributed by atoms with van der Waals surface area (Å²) in [7, 11) is 0. The first-order valence-corrected chi connectivity index (χ1v) is 21.4. The van der Waals surface area contributed by atoms with Crippen molar-refractivity contribution >= 4 is 64.0 Å². The molecule has 1 saturated heterocycles. The van der Waals surface area contributed by atoms with E-state index in [1.807, 2.05) is 12.1 Å². The number of nitrogens with two attached hydrogens (primary N) is 1. The van der Waals surface area contributed by atoms with Crippen molar-refractivity contribution in [2.45, 2.75) is 136 Å². The Balaban J connectivity index is 1.09. The van der Waals surface area contributed by atoms with Crippen molar-refractivity contribution in [1.29, 1.82) is 0 Å². The maximum Gasteiger partial charge on any atom is 0.407 e. The van der Waals surface area contributed by atoms with Crippen LogP contribution in [0.15, 0.2) is 48.5 Å². The van der Waals surface area contributed by atoms with Gasteiger partial charge in [0.25, 0.3) is 11.8 Å². The van der Waals surface area contributed by atoms with Gasteiger partial charge in [-0.3, -0.25) is 24.0 Å². The van der Waals surface area contributed by atoms with Gasteiger partial charge in [-0.05, 0) is 98.7 Å². The molecule has 2 heterocycles. The lowest BCUT2D eigenvalue weighted by Gasteiger charge is -2.24. The fourth-order valence-corrected chi connectivity index (χ4v) is 6.75. The molecule has 1 aliphatic rings. The number of carbonyl (C=O) groups is 7. The largest absolute Gasteiger partial charge is 0.445 e. The standard InChI is InChI=1S/C45H61N7O9/c1-5-6-8-15-33-27-35-32(16-13-17-36(35)50-42(33)46)14-9-7-12-26-47-45(59)60-28-31-20-22-34(23-21-31)49-43(57)30(4)48-44(58)41(29(2)3)51-37(53)18-10-11-19-40(56)61-52-38(54)24-25-39(52)55/h13,16-17,20-23,27,29-30,41H,5-12,14-15,18-19,24-26,28H2,1-4H3,(H2,46,50)(H,47,59)(H,48,58)(H,49,57)(H,51,53)/t30-,41?/m0/s1. The molecule has 1 fully saturated rings. The second-order valence-corrected chi connectivity index (χ2v) is 15.7. The first-order valence-electron chi connectivity index (χ1n) is 21.4. The molecule has 2 atom stereocenters. The molecule has 0 radical (unpaired) electrons. The van der Waals surface area contributed by atoms with Gasteiger partial charge in [-0.1, -0.05) is 64.3 Å². The van der Waals surface area contributed by atoms with E-state index in [1.54, 1.807) is 38.1 Å². The summed E-state index contributed by atoms with van der Waals surface area (Å²) in [6.07, 6.45) is 7.98. The predicted molar refractivity (Wildman–Crippen MR) is 230 cm³/mol. The van der Waals surface area contributed by atoms with Gasteiger partial charge in [-0.2, -0.15) is 0 Å². The number of unbranched alkanes of at least 4 members (excludes halogenated alkanes) is 5. The van der Waals surface area contributed by atoms with Gasteiger partial charge in [-0.25, -0.2) is 14.6 Å². The first kappa shape index (κ1) is 47.6. The number of hydroxylamine groups is 2. The highest BCUT2D eigenvalue weighted by Gasteiger charge is 2.33. The zero-order valence-corrected chi connectivity index (χ0v) is 35.8. The number of hydrogen-bond acceptors (Lipinski definition) is 11. The monoisotopic (exact) mass is 843 g/mol. The average molecular weight is 844 g/mol. The molecule has 61 heavy (non-hydrogen) atoms. The van der Waals surface area contributed by atoms with Gasteiger partial charge < -0.3 is 36.6 Å². The van der Waals surface area contributed by atoms with E-state index in [-0.39, 0.29) is 44.6 Å². The van der Waals surface area contributed by atoms with Crippen molar-refractivity contribution in [3.63, 3.8) is 0 Å². The fraction of sp³-hybridized carbons (Fsp3) is 0.511. The lowest BCUT2D eigenvalue weighted by molar-refractivity contribution is -0.197. The normalized spacial score (nSPS) is 13.5. The molecule has 0 spiro atoms. The van der Waals surface area contributed by atoms with E-state index in [0.717, 1.165) is 67.0 Å². The van der Waals surface area contributed by atoms with Gasteiger partial charge in [0.15, 0.2) is 0 Å². The smallest absolute Gasteiger partial charge is 0.407 e. The molecule has 2 aromatic carbocycles. The zero-order valence-electron chi connectivity index (χ0n) is 35.8. The number of rotatable bonds is 24. The molecule has 6 N–H and O–H groups in total. The summed E-state index contributed by atoms with van der Waals surface area (Å²) in [5, 5.41) is 12.5. The summed E-state index contributed by atoms with van der Waals surface area (Å²) in [5.74, 6) is -2.97. The molecule has 1 aliphatic heterocycles. The Bertz CT molecular complexity index is 1990. The lowest BCUT2D eigenvalue weighted by Crippen LogP contribution is -2.53. The van der Waals surface area contributed by atoms with Crippen LogP contribution < -0.4 is 27.0 Å². The quantitative estimate of drug-likeness (QED) is 0.0524. The van der Waals surface area contributed by atoms with E-state index in [1.165, 1.54) is 18.9 Å². The van der Waals surface area contributed by atoms with E-state index in [4.69, 9.17) is 15.3 Å². The van der Waals surface area contributed by atoms with Crippen LogP contribution in [0.4, 0.5) is 16.3 Å². The molecule has 3 aromatic rings. The van der Waals surface area contributed by atoms with Crippen LogP contribution in [0.25, 0.3) is 10.9 Å². The highest BCUT2D eigenvalue weighted by atomic mass is 16.7. The third-order valence-corrected chi connectivity index (χ3v) is 10.3. The molecule has 1 aromatic heterocycles. The van der Waals surface area contributed by atoms with Crippen molar-refractivity contribution in [2.75, 3.05) is 17.6 Å².